The first-order chi connectivity index (χ1) is 16.0. The molecule has 0 saturated heterocycles. The molecule has 0 spiro atoms. The van der Waals surface area contributed by atoms with Crippen LogP contribution in [0.5, 0.6) is 0 Å². The van der Waals surface area contributed by atoms with Gasteiger partial charge in [-0.15, -0.1) is 0 Å². The van der Waals surface area contributed by atoms with Gasteiger partial charge in [-0.3, -0.25) is 4.72 Å². The van der Waals surface area contributed by atoms with Crippen molar-refractivity contribution in [3.63, 3.8) is 0 Å². The Bertz CT molecular complexity index is 1210. The summed E-state index contributed by atoms with van der Waals surface area (Å²) in [6.07, 6.45) is 7.93. The minimum atomic E-state index is -3.77. The fraction of sp³-hybridized carbons (Fsp3) is 0.435. The summed E-state index contributed by atoms with van der Waals surface area (Å²) in [6.45, 7) is 1.07. The zero-order valence-electron chi connectivity index (χ0n) is 18.6. The fourth-order valence-corrected chi connectivity index (χ4v) is 5.35. The van der Waals surface area contributed by atoms with Crippen LogP contribution in [-0.2, 0) is 23.0 Å². The number of sulfonamides is 1. The molecule has 1 fully saturated rings. The second kappa shape index (κ2) is 10.3. The van der Waals surface area contributed by atoms with Crippen molar-refractivity contribution in [2.75, 3.05) is 11.3 Å². The zero-order chi connectivity index (χ0) is 23.3. The van der Waals surface area contributed by atoms with Gasteiger partial charge in [0.2, 0.25) is 0 Å². The topological polar surface area (TPSA) is 125 Å². The number of nitrogens with two attached hydrogens (primary N) is 1. The average molecular weight is 471 g/mol. The van der Waals surface area contributed by atoms with Gasteiger partial charge in [0.1, 0.15) is 0 Å². The molecule has 33 heavy (non-hydrogen) atoms. The van der Waals surface area contributed by atoms with E-state index in [1.807, 2.05) is 12.1 Å². The molecule has 1 aromatic heterocycles. The maximum absolute atomic E-state index is 12.7. The fourth-order valence-electron chi connectivity index (χ4n) is 4.29. The number of rotatable bonds is 10. The third-order valence-corrected chi connectivity index (χ3v) is 7.52. The van der Waals surface area contributed by atoms with Gasteiger partial charge in [-0.2, -0.15) is 9.36 Å². The molecular weight excluding hydrogens is 440 g/mol. The first kappa shape index (κ1) is 23.2. The van der Waals surface area contributed by atoms with Crippen LogP contribution in [0.3, 0.4) is 0 Å². The molecular formula is C23H30N6O3S. The smallest absolute Gasteiger partial charge is 0.330 e. The largest absolute Gasteiger partial charge is 0.368 e. The highest BCUT2D eigenvalue weighted by molar-refractivity contribution is 7.92. The predicted octanol–water partition coefficient (Wildman–Crippen LogP) is 2.70. The predicted molar refractivity (Wildman–Crippen MR) is 127 cm³/mol. The molecule has 2 aromatic carbocycles. The van der Waals surface area contributed by atoms with Crippen LogP contribution in [0, 0.1) is 5.92 Å². The Labute approximate surface area is 193 Å². The number of nitrogens with one attached hydrogen (secondary N) is 1. The lowest BCUT2D eigenvalue weighted by molar-refractivity contribution is 0.438. The molecule has 0 aliphatic heterocycles. The van der Waals surface area contributed by atoms with E-state index in [0.29, 0.717) is 24.5 Å². The van der Waals surface area contributed by atoms with E-state index in [1.54, 1.807) is 24.3 Å². The van der Waals surface area contributed by atoms with Crippen LogP contribution < -0.4 is 16.1 Å². The Morgan fingerprint density at radius 1 is 1.00 bits per heavy atom. The number of hydrogen-bond acceptors (Lipinski definition) is 6. The summed E-state index contributed by atoms with van der Waals surface area (Å²) in [5, 5.41) is 7.94. The van der Waals surface area contributed by atoms with Crippen molar-refractivity contribution in [2.24, 2.45) is 11.7 Å². The second-order valence-corrected chi connectivity index (χ2v) is 10.2. The van der Waals surface area contributed by atoms with Crippen LogP contribution in [0.1, 0.15) is 44.1 Å². The summed E-state index contributed by atoms with van der Waals surface area (Å²) < 4.78 is 30.6. The van der Waals surface area contributed by atoms with Gasteiger partial charge in [0.05, 0.1) is 10.6 Å². The number of aromatic nitrogens is 4. The average Bonchev–Trinajstić information content (AvgIpc) is 3.45. The first-order valence-corrected chi connectivity index (χ1v) is 12.9. The Balaban J connectivity index is 1.41. The minimum Gasteiger partial charge on any atom is -0.330 e. The van der Waals surface area contributed by atoms with Crippen molar-refractivity contribution >= 4 is 15.7 Å². The second-order valence-electron chi connectivity index (χ2n) is 8.52. The Kier molecular flexibility index (Phi) is 7.24. The summed E-state index contributed by atoms with van der Waals surface area (Å²) in [4.78, 5) is 12.7. The maximum atomic E-state index is 12.7. The molecule has 0 bridgehead atoms. The minimum absolute atomic E-state index is 0.0919. The van der Waals surface area contributed by atoms with Crippen molar-refractivity contribution < 1.29 is 8.42 Å². The van der Waals surface area contributed by atoms with Crippen LogP contribution in [0.15, 0.2) is 58.2 Å². The van der Waals surface area contributed by atoms with Crippen molar-refractivity contribution in [3.05, 3.63) is 64.6 Å². The zero-order valence-corrected chi connectivity index (χ0v) is 19.4. The van der Waals surface area contributed by atoms with Crippen LogP contribution in [-0.4, -0.2) is 34.8 Å². The van der Waals surface area contributed by atoms with E-state index in [4.69, 9.17) is 5.73 Å². The molecule has 0 atom stereocenters. The van der Waals surface area contributed by atoms with Crippen LogP contribution in [0.25, 0.3) is 5.69 Å². The SMILES string of the molecule is NCCc1ccc(NS(=O)(=O)c2ccc(-n3nnn(CCCC4CCCC4)c3=O)cc2)cc1. The molecule has 1 saturated carbocycles. The molecule has 1 aliphatic rings. The van der Waals surface area contributed by atoms with Crippen LogP contribution in [0.4, 0.5) is 5.69 Å². The standard InChI is InChI=1S/C23H30N6O3S/c24-16-15-19-7-9-20(10-8-19)25-33(31,32)22-13-11-21(12-14-22)29-23(30)28(26-27-29)17-3-6-18-4-1-2-5-18/h7-14,18,25H,1-6,15-17,24H2. The summed E-state index contributed by atoms with van der Waals surface area (Å²) in [7, 11) is -3.77. The molecule has 0 radical (unpaired) electrons. The summed E-state index contributed by atoms with van der Waals surface area (Å²) in [5.41, 5.74) is 7.19. The van der Waals surface area contributed by atoms with E-state index in [9.17, 15) is 13.2 Å². The number of nitrogens with zero attached hydrogens (tertiary/aromatic N) is 4. The highest BCUT2D eigenvalue weighted by Gasteiger charge is 2.17. The van der Waals surface area contributed by atoms with Crippen molar-refractivity contribution in [2.45, 2.75) is 56.4 Å². The highest BCUT2D eigenvalue weighted by Crippen LogP contribution is 2.28. The molecule has 3 N–H and O–H groups in total. The Morgan fingerprint density at radius 3 is 2.36 bits per heavy atom. The number of hydrogen-bond donors (Lipinski definition) is 2. The van der Waals surface area contributed by atoms with Gasteiger partial charge in [-0.05, 0) is 84.1 Å². The van der Waals surface area contributed by atoms with Crippen molar-refractivity contribution in [1.29, 1.82) is 0 Å². The molecule has 1 aliphatic carbocycles. The Hall–Kier alpha value is -2.98. The van der Waals surface area contributed by atoms with Crippen LogP contribution in [0.2, 0.25) is 0 Å². The van der Waals surface area contributed by atoms with Gasteiger partial charge in [0.15, 0.2) is 0 Å². The molecule has 1 heterocycles. The van der Waals surface area contributed by atoms with Gasteiger partial charge < -0.3 is 5.73 Å². The third kappa shape index (κ3) is 5.69. The van der Waals surface area contributed by atoms with E-state index >= 15 is 0 Å². The van der Waals surface area contributed by atoms with E-state index in [2.05, 4.69) is 15.1 Å². The van der Waals surface area contributed by atoms with Gasteiger partial charge in [-0.25, -0.2) is 13.2 Å². The molecule has 0 unspecified atom stereocenters. The molecule has 4 rings (SSSR count). The van der Waals surface area contributed by atoms with Gasteiger partial charge in [-0.1, -0.05) is 37.8 Å². The number of anilines is 1. The molecule has 176 valence electrons. The quantitative estimate of drug-likeness (QED) is 0.469. The highest BCUT2D eigenvalue weighted by atomic mass is 32.2. The van der Waals surface area contributed by atoms with Gasteiger partial charge in [0.25, 0.3) is 10.0 Å². The van der Waals surface area contributed by atoms with E-state index in [1.165, 1.54) is 47.2 Å². The van der Waals surface area contributed by atoms with E-state index in [0.717, 1.165) is 30.7 Å². The number of aryl methyl sites for hydroxylation is 1. The molecule has 3 aromatic rings. The lowest BCUT2D eigenvalue weighted by Gasteiger charge is -2.09. The molecule has 9 nitrogen and oxygen atoms in total. The van der Waals surface area contributed by atoms with Crippen LogP contribution >= 0.6 is 0 Å². The van der Waals surface area contributed by atoms with Gasteiger partial charge >= 0.3 is 5.69 Å². The first-order valence-electron chi connectivity index (χ1n) is 11.4. The number of benzene rings is 2. The lowest BCUT2D eigenvalue weighted by Crippen LogP contribution is -2.24. The summed E-state index contributed by atoms with van der Waals surface area (Å²) in [5.74, 6) is 0.766. The third-order valence-electron chi connectivity index (χ3n) is 6.13. The van der Waals surface area contributed by atoms with Crippen molar-refractivity contribution in [3.8, 4) is 5.69 Å². The summed E-state index contributed by atoms with van der Waals surface area (Å²) in [6, 6.07) is 13.1. The van der Waals surface area contributed by atoms with E-state index in [-0.39, 0.29) is 10.6 Å². The summed E-state index contributed by atoms with van der Waals surface area (Å²) >= 11 is 0. The molecule has 0 amide bonds. The number of tetrazole rings is 1. The van der Waals surface area contributed by atoms with Gasteiger partial charge in [0, 0.05) is 12.2 Å². The maximum Gasteiger partial charge on any atom is 0.368 e. The van der Waals surface area contributed by atoms with E-state index < -0.39 is 10.0 Å². The monoisotopic (exact) mass is 470 g/mol. The molecule has 10 heteroatoms. The Morgan fingerprint density at radius 2 is 1.70 bits per heavy atom. The lowest BCUT2D eigenvalue weighted by atomic mass is 10.0. The normalized spacial score (nSPS) is 14.6. The van der Waals surface area contributed by atoms with Crippen molar-refractivity contribution in [1.82, 2.24) is 19.8 Å².